The molecule has 0 bridgehead atoms. The third kappa shape index (κ3) is 2.85. The Morgan fingerprint density at radius 1 is 1.06 bits per heavy atom. The fourth-order valence-corrected chi connectivity index (χ4v) is 2.34. The van der Waals surface area contributed by atoms with E-state index in [1.807, 2.05) is 18.2 Å². The summed E-state index contributed by atoms with van der Waals surface area (Å²) in [6.07, 6.45) is 0. The van der Waals surface area contributed by atoms with Gasteiger partial charge in [-0.05, 0) is 46.6 Å². The molecule has 0 aliphatic heterocycles. The summed E-state index contributed by atoms with van der Waals surface area (Å²) in [6.45, 7) is 3.98. The molecule has 0 spiro atoms. The normalized spacial score (nSPS) is 10.3. The molecule has 0 amide bonds. The number of benzene rings is 2. The minimum absolute atomic E-state index is 0.789. The van der Waals surface area contributed by atoms with Gasteiger partial charge in [-0.1, -0.05) is 30.3 Å². The zero-order chi connectivity index (χ0) is 13.0. The Balaban J connectivity index is 2.24. The molecule has 2 nitrogen and oxygen atoms in total. The van der Waals surface area contributed by atoms with E-state index >= 15 is 0 Å². The first-order chi connectivity index (χ1) is 8.72. The molecule has 18 heavy (non-hydrogen) atoms. The largest absolute Gasteiger partial charge is 0.398 e. The Morgan fingerprint density at radius 2 is 1.78 bits per heavy atom. The molecule has 2 aromatic carbocycles. The number of anilines is 2. The van der Waals surface area contributed by atoms with Crippen LogP contribution >= 0.6 is 15.9 Å². The van der Waals surface area contributed by atoms with Crippen LogP contribution in [0.2, 0.25) is 0 Å². The van der Waals surface area contributed by atoms with Crippen molar-refractivity contribution in [1.29, 1.82) is 0 Å². The van der Waals surface area contributed by atoms with Crippen LogP contribution in [0.25, 0.3) is 0 Å². The van der Waals surface area contributed by atoms with Crippen molar-refractivity contribution in [2.45, 2.75) is 13.5 Å². The molecule has 94 valence electrons. The van der Waals surface area contributed by atoms with Crippen molar-refractivity contribution >= 4 is 27.3 Å². The molecule has 3 heteroatoms. The first-order valence-corrected chi connectivity index (χ1v) is 6.84. The number of para-hydroxylation sites is 1. The first kappa shape index (κ1) is 13.0. The van der Waals surface area contributed by atoms with Gasteiger partial charge in [0, 0.05) is 28.9 Å². The lowest BCUT2D eigenvalue weighted by Crippen LogP contribution is -2.22. The summed E-state index contributed by atoms with van der Waals surface area (Å²) in [6, 6.07) is 16.4. The van der Waals surface area contributed by atoms with E-state index in [1.54, 1.807) is 0 Å². The summed E-state index contributed by atoms with van der Waals surface area (Å²) < 4.78 is 0.999. The number of nitrogens with two attached hydrogens (primary N) is 1. The number of nitrogens with zero attached hydrogens (tertiary/aromatic N) is 1. The van der Waals surface area contributed by atoms with Gasteiger partial charge in [0.05, 0.1) is 0 Å². The average Bonchev–Trinajstić information content (AvgIpc) is 2.41. The standard InChI is InChI=1S/C15H17BrN2/c1-2-18(13-8-4-3-5-9-13)11-12-7-6-10-14(17)15(12)16/h3-10H,2,11,17H2,1H3. The highest BCUT2D eigenvalue weighted by Crippen LogP contribution is 2.26. The third-order valence-electron chi connectivity index (χ3n) is 2.97. The molecule has 0 aliphatic rings. The van der Waals surface area contributed by atoms with Crippen LogP contribution in [-0.4, -0.2) is 6.54 Å². The summed E-state index contributed by atoms with van der Waals surface area (Å²) >= 11 is 3.56. The van der Waals surface area contributed by atoms with Crippen molar-refractivity contribution in [3.63, 3.8) is 0 Å². The van der Waals surface area contributed by atoms with Gasteiger partial charge < -0.3 is 10.6 Å². The molecule has 0 radical (unpaired) electrons. The lowest BCUT2D eigenvalue weighted by molar-refractivity contribution is 0.829. The maximum atomic E-state index is 5.91. The highest BCUT2D eigenvalue weighted by Gasteiger charge is 2.08. The molecule has 0 saturated carbocycles. The maximum absolute atomic E-state index is 5.91. The van der Waals surface area contributed by atoms with E-state index in [-0.39, 0.29) is 0 Å². The smallest absolute Gasteiger partial charge is 0.0461 e. The minimum atomic E-state index is 0.789. The average molecular weight is 305 g/mol. The van der Waals surface area contributed by atoms with E-state index in [0.717, 1.165) is 23.2 Å². The summed E-state index contributed by atoms with van der Waals surface area (Å²) in [7, 11) is 0. The number of nitrogen functional groups attached to an aromatic ring is 1. The van der Waals surface area contributed by atoms with Gasteiger partial charge in [-0.2, -0.15) is 0 Å². The zero-order valence-electron chi connectivity index (χ0n) is 10.4. The monoisotopic (exact) mass is 304 g/mol. The van der Waals surface area contributed by atoms with Gasteiger partial charge in [0.2, 0.25) is 0 Å². The molecule has 0 saturated heterocycles. The van der Waals surface area contributed by atoms with Gasteiger partial charge in [0.1, 0.15) is 0 Å². The van der Waals surface area contributed by atoms with E-state index < -0.39 is 0 Å². The highest BCUT2D eigenvalue weighted by atomic mass is 79.9. The zero-order valence-corrected chi connectivity index (χ0v) is 12.0. The number of halogens is 1. The predicted molar refractivity (Wildman–Crippen MR) is 81.7 cm³/mol. The highest BCUT2D eigenvalue weighted by molar-refractivity contribution is 9.10. The molecule has 0 unspecified atom stereocenters. The third-order valence-corrected chi connectivity index (χ3v) is 3.94. The van der Waals surface area contributed by atoms with Gasteiger partial charge in [0.25, 0.3) is 0 Å². The van der Waals surface area contributed by atoms with Gasteiger partial charge in [0.15, 0.2) is 0 Å². The Labute approximate surface area is 117 Å². The molecule has 2 N–H and O–H groups in total. The van der Waals surface area contributed by atoms with E-state index in [1.165, 1.54) is 11.3 Å². The number of hydrogen-bond donors (Lipinski definition) is 1. The van der Waals surface area contributed by atoms with Crippen molar-refractivity contribution < 1.29 is 0 Å². The summed E-state index contributed by atoms with van der Waals surface area (Å²) in [5.41, 5.74) is 9.14. The fraction of sp³-hybridized carbons (Fsp3) is 0.200. The van der Waals surface area contributed by atoms with Gasteiger partial charge in [-0.15, -0.1) is 0 Å². The first-order valence-electron chi connectivity index (χ1n) is 6.05. The van der Waals surface area contributed by atoms with E-state index in [0.29, 0.717) is 0 Å². The van der Waals surface area contributed by atoms with Crippen LogP contribution in [-0.2, 0) is 6.54 Å². The lowest BCUT2D eigenvalue weighted by atomic mass is 10.1. The van der Waals surface area contributed by atoms with E-state index in [9.17, 15) is 0 Å². The summed E-state index contributed by atoms with van der Waals surface area (Å²) in [5.74, 6) is 0. The quantitative estimate of drug-likeness (QED) is 0.863. The van der Waals surface area contributed by atoms with Crippen molar-refractivity contribution in [3.05, 3.63) is 58.6 Å². The van der Waals surface area contributed by atoms with Crippen LogP contribution in [0.4, 0.5) is 11.4 Å². The molecule has 2 rings (SSSR count). The Morgan fingerprint density at radius 3 is 2.44 bits per heavy atom. The molecule has 2 aromatic rings. The molecule has 0 fully saturated rings. The number of hydrogen-bond acceptors (Lipinski definition) is 2. The van der Waals surface area contributed by atoms with Crippen LogP contribution in [0.3, 0.4) is 0 Å². The number of rotatable bonds is 4. The second-order valence-electron chi connectivity index (χ2n) is 4.17. The van der Waals surface area contributed by atoms with Crippen molar-refractivity contribution in [2.24, 2.45) is 0 Å². The second kappa shape index (κ2) is 5.91. The van der Waals surface area contributed by atoms with Crippen molar-refractivity contribution in [3.8, 4) is 0 Å². The van der Waals surface area contributed by atoms with E-state index in [2.05, 4.69) is 58.1 Å². The van der Waals surface area contributed by atoms with Gasteiger partial charge in [-0.25, -0.2) is 0 Å². The van der Waals surface area contributed by atoms with Gasteiger partial charge in [-0.3, -0.25) is 0 Å². The summed E-state index contributed by atoms with van der Waals surface area (Å²) in [4.78, 5) is 2.32. The van der Waals surface area contributed by atoms with Crippen LogP contribution in [0.1, 0.15) is 12.5 Å². The topological polar surface area (TPSA) is 29.3 Å². The van der Waals surface area contributed by atoms with Crippen LogP contribution in [0, 0.1) is 0 Å². The van der Waals surface area contributed by atoms with Crippen LogP contribution in [0.5, 0.6) is 0 Å². The molecular weight excluding hydrogens is 288 g/mol. The SMILES string of the molecule is CCN(Cc1cccc(N)c1Br)c1ccccc1. The predicted octanol–water partition coefficient (Wildman–Crippen LogP) is 4.06. The Hall–Kier alpha value is -1.48. The molecule has 0 aliphatic carbocycles. The second-order valence-corrected chi connectivity index (χ2v) is 4.96. The van der Waals surface area contributed by atoms with Crippen LogP contribution < -0.4 is 10.6 Å². The molecule has 0 aromatic heterocycles. The molecular formula is C15H17BrN2. The Kier molecular flexibility index (Phi) is 4.26. The fourth-order valence-electron chi connectivity index (χ4n) is 1.95. The molecule has 0 heterocycles. The minimum Gasteiger partial charge on any atom is -0.398 e. The van der Waals surface area contributed by atoms with Crippen molar-refractivity contribution in [2.75, 3.05) is 17.2 Å². The summed E-state index contributed by atoms with van der Waals surface area (Å²) in [5, 5.41) is 0. The van der Waals surface area contributed by atoms with Gasteiger partial charge >= 0.3 is 0 Å². The Bertz CT molecular complexity index is 511. The maximum Gasteiger partial charge on any atom is 0.0461 e. The lowest BCUT2D eigenvalue weighted by Gasteiger charge is -2.24. The molecule has 0 atom stereocenters. The van der Waals surface area contributed by atoms with E-state index in [4.69, 9.17) is 5.73 Å². The van der Waals surface area contributed by atoms with Crippen molar-refractivity contribution in [1.82, 2.24) is 0 Å². The van der Waals surface area contributed by atoms with Crippen LogP contribution in [0.15, 0.2) is 53.0 Å².